The first-order chi connectivity index (χ1) is 18.1. The number of hydrogen-bond acceptors (Lipinski definition) is 0. The lowest BCUT2D eigenvalue weighted by molar-refractivity contribution is 0.565. The largest absolute Gasteiger partial charge is 0.152 e. The highest BCUT2D eigenvalue weighted by atomic mass is 31.1. The van der Waals surface area contributed by atoms with E-state index in [1.165, 1.54) is 22.3 Å². The highest BCUT2D eigenvalue weighted by molar-refractivity contribution is 7.88. The Balaban J connectivity index is 2.28. The van der Waals surface area contributed by atoms with Crippen molar-refractivity contribution in [1.29, 1.82) is 0 Å². The third-order valence-corrected chi connectivity index (χ3v) is 12.5. The van der Waals surface area contributed by atoms with Gasteiger partial charge in [0, 0.05) is 0 Å². The molecule has 1 saturated carbocycles. The van der Waals surface area contributed by atoms with Gasteiger partial charge in [-0.25, -0.2) is 0 Å². The summed E-state index contributed by atoms with van der Waals surface area (Å²) in [6.07, 6.45) is 0. The Bertz CT molecular complexity index is 1070. The summed E-state index contributed by atoms with van der Waals surface area (Å²) < 4.78 is 0. The zero-order valence-corrected chi connectivity index (χ0v) is 31.1. The molecule has 1 aliphatic carbocycles. The maximum Gasteiger partial charge on any atom is 0.152 e. The fraction of sp³-hybridized carbons (Fsp3) is 0.692. The van der Waals surface area contributed by atoms with E-state index in [2.05, 4.69) is 168 Å². The Kier molecular flexibility index (Phi) is 9.09. The van der Waals surface area contributed by atoms with Crippen LogP contribution in [0.3, 0.4) is 0 Å². The van der Waals surface area contributed by atoms with E-state index in [0.29, 0.717) is 17.7 Å². The standard InChI is InChI=1S/C39H63BP/c1-34(2,3)27-19-25(20-28(23-27)35(4,5)6)31-32(33(31)40-41(38(13,14)15)39(16,17)18)26-21-29(36(7,8)9)24-30(22-26)37(10,11)12/h19-24,31-33H,1-18H3. The number of benzene rings is 2. The maximum atomic E-state index is 2.85. The summed E-state index contributed by atoms with van der Waals surface area (Å²) in [5.74, 6) is 1.61. The van der Waals surface area contributed by atoms with Gasteiger partial charge in [0.2, 0.25) is 0 Å². The Morgan fingerprint density at radius 3 is 0.854 bits per heavy atom. The van der Waals surface area contributed by atoms with Crippen LogP contribution < -0.4 is 0 Å². The van der Waals surface area contributed by atoms with E-state index < -0.39 is 0 Å². The predicted molar refractivity (Wildman–Crippen MR) is 189 cm³/mol. The van der Waals surface area contributed by atoms with Gasteiger partial charge in [-0.05, 0) is 83.0 Å². The van der Waals surface area contributed by atoms with Gasteiger partial charge in [-0.1, -0.05) is 161 Å². The number of rotatable bonds is 4. The highest BCUT2D eigenvalue weighted by Crippen LogP contribution is 2.72. The molecule has 0 amide bonds. The molecule has 0 aromatic heterocycles. The molecule has 227 valence electrons. The molecule has 0 saturated heterocycles. The third kappa shape index (κ3) is 8.11. The van der Waals surface area contributed by atoms with Crippen LogP contribution in [0, 0.1) is 0 Å². The molecule has 1 aliphatic rings. The van der Waals surface area contributed by atoms with Crippen LogP contribution in [0.2, 0.25) is 5.82 Å². The van der Waals surface area contributed by atoms with E-state index >= 15 is 0 Å². The summed E-state index contributed by atoms with van der Waals surface area (Å²) in [6, 6.07) is 15.2. The minimum Gasteiger partial charge on any atom is -0.137 e. The van der Waals surface area contributed by atoms with Crippen molar-refractivity contribution in [3.63, 3.8) is 0 Å². The lowest BCUT2D eigenvalue weighted by Gasteiger charge is -2.42. The van der Waals surface area contributed by atoms with Crippen LogP contribution in [0.25, 0.3) is 0 Å². The van der Waals surface area contributed by atoms with Gasteiger partial charge < -0.3 is 0 Å². The second-order valence-corrected chi connectivity index (χ2v) is 22.9. The van der Waals surface area contributed by atoms with Crippen molar-refractivity contribution in [3.8, 4) is 0 Å². The first kappa shape index (κ1) is 34.4. The number of hydrogen-bond donors (Lipinski definition) is 0. The lowest BCUT2D eigenvalue weighted by Crippen LogP contribution is -2.28. The van der Waals surface area contributed by atoms with Crippen molar-refractivity contribution < 1.29 is 0 Å². The Morgan fingerprint density at radius 1 is 0.415 bits per heavy atom. The molecule has 0 bridgehead atoms. The summed E-state index contributed by atoms with van der Waals surface area (Å²) in [7, 11) is -0.300. The van der Waals surface area contributed by atoms with Crippen LogP contribution in [-0.2, 0) is 21.7 Å². The van der Waals surface area contributed by atoms with E-state index in [9.17, 15) is 0 Å². The Labute approximate surface area is 258 Å². The summed E-state index contributed by atoms with van der Waals surface area (Å²) in [4.78, 5) is 0. The lowest BCUT2D eigenvalue weighted by atomic mass is 9.78. The molecular weight excluding hydrogens is 510 g/mol. The van der Waals surface area contributed by atoms with E-state index in [0.717, 1.165) is 0 Å². The molecule has 2 unspecified atom stereocenters. The topological polar surface area (TPSA) is 0 Å². The molecule has 0 N–H and O–H groups in total. The van der Waals surface area contributed by atoms with Gasteiger partial charge in [0.05, 0.1) is 0 Å². The Morgan fingerprint density at radius 2 is 0.659 bits per heavy atom. The first-order valence-corrected chi connectivity index (χ1v) is 17.5. The SMILES string of the molecule is CC(C)(C)c1cc(C2C([B]P(C(C)(C)C)C(C)(C)C)C2c2cc(C(C)(C)C)cc(C(C)(C)C)c2)cc(C(C)(C)C)c1. The average Bonchev–Trinajstić information content (AvgIpc) is 3.47. The van der Waals surface area contributed by atoms with Gasteiger partial charge >= 0.3 is 0 Å². The Hall–Kier alpha value is -1.07. The average molecular weight is 574 g/mol. The summed E-state index contributed by atoms with van der Waals surface area (Å²) in [5, 5.41) is 0.553. The fourth-order valence-electron chi connectivity index (χ4n) is 6.42. The molecule has 1 fully saturated rings. The van der Waals surface area contributed by atoms with Crippen molar-refractivity contribution >= 4 is 14.8 Å². The van der Waals surface area contributed by atoms with Crippen LogP contribution in [0.15, 0.2) is 36.4 Å². The molecule has 2 aromatic carbocycles. The summed E-state index contributed by atoms with van der Waals surface area (Å²) in [6.45, 7) is 46.0. The van der Waals surface area contributed by atoms with Crippen molar-refractivity contribution in [3.05, 3.63) is 69.8 Å². The predicted octanol–water partition coefficient (Wildman–Crippen LogP) is 12.2. The molecule has 0 heterocycles. The highest BCUT2D eigenvalue weighted by Gasteiger charge is 2.55. The molecule has 3 rings (SSSR count). The van der Waals surface area contributed by atoms with E-state index in [1.807, 2.05) is 0 Å². The molecule has 0 aliphatic heterocycles. The van der Waals surface area contributed by atoms with Crippen LogP contribution in [-0.4, -0.2) is 17.3 Å². The zero-order chi connectivity index (χ0) is 31.7. The molecule has 41 heavy (non-hydrogen) atoms. The van der Waals surface area contributed by atoms with E-state index in [1.54, 1.807) is 11.1 Å². The zero-order valence-electron chi connectivity index (χ0n) is 30.2. The van der Waals surface area contributed by atoms with Crippen molar-refractivity contribution in [2.75, 3.05) is 0 Å². The third-order valence-electron chi connectivity index (χ3n) is 8.99. The van der Waals surface area contributed by atoms with E-state index in [4.69, 9.17) is 0 Å². The normalized spacial score (nSPS) is 20.9. The van der Waals surface area contributed by atoms with Crippen molar-refractivity contribution in [2.45, 2.75) is 174 Å². The van der Waals surface area contributed by atoms with Gasteiger partial charge in [-0.2, -0.15) is 0 Å². The van der Waals surface area contributed by atoms with Gasteiger partial charge in [-0.3, -0.25) is 0 Å². The minimum atomic E-state index is -0.300. The van der Waals surface area contributed by atoms with Crippen molar-refractivity contribution in [2.24, 2.45) is 0 Å². The van der Waals surface area contributed by atoms with Gasteiger partial charge in [0.25, 0.3) is 0 Å². The quantitative estimate of drug-likeness (QED) is 0.252. The molecule has 0 nitrogen and oxygen atoms in total. The van der Waals surface area contributed by atoms with E-state index in [-0.39, 0.29) is 39.8 Å². The smallest absolute Gasteiger partial charge is 0.137 e. The second kappa shape index (κ2) is 10.8. The monoisotopic (exact) mass is 573 g/mol. The van der Waals surface area contributed by atoms with Crippen molar-refractivity contribution in [1.82, 2.24) is 0 Å². The molecule has 2 heteroatoms. The fourth-order valence-corrected chi connectivity index (χ4v) is 10.0. The van der Waals surface area contributed by atoms with Crippen LogP contribution in [0.5, 0.6) is 0 Å². The summed E-state index contributed by atoms with van der Waals surface area (Å²) in [5.41, 5.74) is 9.45. The van der Waals surface area contributed by atoms with Crippen LogP contribution in [0.1, 0.15) is 170 Å². The summed E-state index contributed by atoms with van der Waals surface area (Å²) >= 11 is 0. The second-order valence-electron chi connectivity index (χ2n) is 19.2. The molecule has 2 aromatic rings. The molecule has 1 radical (unpaired) electrons. The van der Waals surface area contributed by atoms with Crippen LogP contribution >= 0.6 is 7.80 Å². The molecule has 2 atom stereocenters. The molecule has 0 spiro atoms. The van der Waals surface area contributed by atoms with Crippen LogP contribution in [0.4, 0.5) is 0 Å². The van der Waals surface area contributed by atoms with Gasteiger partial charge in [0.15, 0.2) is 7.00 Å². The van der Waals surface area contributed by atoms with Gasteiger partial charge in [-0.15, -0.1) is 7.80 Å². The first-order valence-electron chi connectivity index (χ1n) is 16.1. The van der Waals surface area contributed by atoms with Gasteiger partial charge in [0.1, 0.15) is 0 Å². The minimum absolute atomic E-state index is 0.120. The maximum absolute atomic E-state index is 2.85. The molecular formula is C39H63BP.